The zero-order valence-electron chi connectivity index (χ0n) is 7.14. The van der Waals surface area contributed by atoms with E-state index in [4.69, 9.17) is 0 Å². The molecule has 0 aliphatic heterocycles. The van der Waals surface area contributed by atoms with Gasteiger partial charge in [-0.25, -0.2) is 0 Å². The summed E-state index contributed by atoms with van der Waals surface area (Å²) in [5.41, 5.74) is 0.866. The standard InChI is InChI=1S/C7H9N5O/c1-12-5-6(9-11-12)4-8-7-2-3-13-10-7/h2-3,5H,4H2,1H3,(H,8,10). The van der Waals surface area contributed by atoms with E-state index >= 15 is 0 Å². The lowest BCUT2D eigenvalue weighted by Crippen LogP contribution is -1.99. The van der Waals surface area contributed by atoms with Crippen molar-refractivity contribution >= 4 is 5.82 Å². The molecule has 6 nitrogen and oxygen atoms in total. The SMILES string of the molecule is Cn1cc(CNc2ccon2)nn1. The highest BCUT2D eigenvalue weighted by molar-refractivity contribution is 5.30. The summed E-state index contributed by atoms with van der Waals surface area (Å²) in [7, 11) is 1.83. The number of aryl methyl sites for hydroxylation is 1. The average Bonchev–Trinajstić information content (AvgIpc) is 2.71. The molecular formula is C7H9N5O. The maximum Gasteiger partial charge on any atom is 0.169 e. The normalized spacial score (nSPS) is 10.2. The molecule has 0 atom stereocenters. The molecule has 1 N–H and O–H groups in total. The third kappa shape index (κ3) is 1.84. The molecule has 0 fully saturated rings. The van der Waals surface area contributed by atoms with Crippen molar-refractivity contribution in [1.82, 2.24) is 20.2 Å². The fourth-order valence-corrected chi connectivity index (χ4v) is 0.961. The van der Waals surface area contributed by atoms with Crippen molar-refractivity contribution in [3.63, 3.8) is 0 Å². The van der Waals surface area contributed by atoms with Crippen molar-refractivity contribution in [3.8, 4) is 0 Å². The van der Waals surface area contributed by atoms with Gasteiger partial charge in [-0.3, -0.25) is 4.68 Å². The summed E-state index contributed by atoms with van der Waals surface area (Å²) in [4.78, 5) is 0. The van der Waals surface area contributed by atoms with E-state index in [9.17, 15) is 0 Å². The van der Waals surface area contributed by atoms with Crippen LogP contribution < -0.4 is 5.32 Å². The van der Waals surface area contributed by atoms with E-state index in [0.29, 0.717) is 12.4 Å². The van der Waals surface area contributed by atoms with Gasteiger partial charge in [0.15, 0.2) is 5.82 Å². The van der Waals surface area contributed by atoms with Crippen molar-refractivity contribution in [2.75, 3.05) is 5.32 Å². The first-order valence-electron chi connectivity index (χ1n) is 3.84. The zero-order valence-corrected chi connectivity index (χ0v) is 7.14. The Morgan fingerprint density at radius 1 is 1.62 bits per heavy atom. The van der Waals surface area contributed by atoms with Gasteiger partial charge in [0.25, 0.3) is 0 Å². The first kappa shape index (κ1) is 7.78. The molecule has 0 aromatic carbocycles. The number of anilines is 1. The summed E-state index contributed by atoms with van der Waals surface area (Å²) in [5, 5.41) is 14.4. The lowest BCUT2D eigenvalue weighted by atomic mass is 10.4. The molecule has 0 spiro atoms. The fraction of sp³-hybridized carbons (Fsp3) is 0.286. The number of nitrogens with zero attached hydrogens (tertiary/aromatic N) is 4. The predicted molar refractivity (Wildman–Crippen MR) is 44.8 cm³/mol. The summed E-state index contributed by atoms with van der Waals surface area (Å²) in [6.45, 7) is 0.598. The van der Waals surface area contributed by atoms with Gasteiger partial charge in [-0.05, 0) is 0 Å². The molecule has 68 valence electrons. The van der Waals surface area contributed by atoms with E-state index in [-0.39, 0.29) is 0 Å². The van der Waals surface area contributed by atoms with Crippen molar-refractivity contribution in [2.24, 2.45) is 7.05 Å². The Morgan fingerprint density at radius 3 is 3.15 bits per heavy atom. The predicted octanol–water partition coefficient (Wildman–Crippen LogP) is 0.415. The second kappa shape index (κ2) is 3.26. The van der Waals surface area contributed by atoms with Gasteiger partial charge in [0.1, 0.15) is 12.0 Å². The van der Waals surface area contributed by atoms with Gasteiger partial charge < -0.3 is 9.84 Å². The topological polar surface area (TPSA) is 68.8 Å². The minimum absolute atomic E-state index is 0.598. The Bertz CT molecular complexity index is 366. The summed E-state index contributed by atoms with van der Waals surface area (Å²) in [6.07, 6.45) is 3.35. The largest absolute Gasteiger partial charge is 0.363 e. The van der Waals surface area contributed by atoms with Crippen molar-refractivity contribution in [3.05, 3.63) is 24.2 Å². The van der Waals surface area contributed by atoms with Crippen LogP contribution in [0.25, 0.3) is 0 Å². The van der Waals surface area contributed by atoms with Crippen molar-refractivity contribution in [2.45, 2.75) is 6.54 Å². The molecule has 0 radical (unpaired) electrons. The second-order valence-corrected chi connectivity index (χ2v) is 2.62. The maximum atomic E-state index is 4.65. The molecule has 0 saturated carbocycles. The molecule has 13 heavy (non-hydrogen) atoms. The molecule has 2 aromatic heterocycles. The lowest BCUT2D eigenvalue weighted by Gasteiger charge is -1.95. The molecule has 0 saturated heterocycles. The quantitative estimate of drug-likeness (QED) is 0.739. The van der Waals surface area contributed by atoms with E-state index in [0.717, 1.165) is 5.69 Å². The molecule has 2 aromatic rings. The first-order valence-corrected chi connectivity index (χ1v) is 3.84. The summed E-state index contributed by atoms with van der Waals surface area (Å²) in [5.74, 6) is 0.700. The summed E-state index contributed by atoms with van der Waals surface area (Å²) in [6, 6.07) is 1.75. The van der Waals surface area contributed by atoms with Crippen LogP contribution in [-0.2, 0) is 13.6 Å². The second-order valence-electron chi connectivity index (χ2n) is 2.62. The van der Waals surface area contributed by atoms with Gasteiger partial charge >= 0.3 is 0 Å². The Hall–Kier alpha value is -1.85. The molecule has 0 unspecified atom stereocenters. The fourth-order valence-electron chi connectivity index (χ4n) is 0.961. The van der Waals surface area contributed by atoms with Crippen LogP contribution >= 0.6 is 0 Å². The molecule has 2 heterocycles. The summed E-state index contributed by atoms with van der Waals surface area (Å²) >= 11 is 0. The smallest absolute Gasteiger partial charge is 0.169 e. The van der Waals surface area contributed by atoms with Crippen LogP contribution in [0.15, 0.2) is 23.0 Å². The van der Waals surface area contributed by atoms with E-state index < -0.39 is 0 Å². The number of nitrogens with one attached hydrogen (secondary N) is 1. The monoisotopic (exact) mass is 179 g/mol. The van der Waals surface area contributed by atoms with Crippen LogP contribution in [0.1, 0.15) is 5.69 Å². The molecular weight excluding hydrogens is 170 g/mol. The Kier molecular flexibility index (Phi) is 1.95. The number of hydrogen-bond donors (Lipinski definition) is 1. The molecule has 2 rings (SSSR count). The van der Waals surface area contributed by atoms with Gasteiger partial charge in [0.05, 0.1) is 6.54 Å². The minimum Gasteiger partial charge on any atom is -0.363 e. The maximum absolute atomic E-state index is 4.65. The van der Waals surface area contributed by atoms with E-state index in [1.165, 1.54) is 6.26 Å². The van der Waals surface area contributed by atoms with Crippen LogP contribution in [0.2, 0.25) is 0 Å². The van der Waals surface area contributed by atoms with Crippen LogP contribution in [0.4, 0.5) is 5.82 Å². The molecule has 0 aliphatic carbocycles. The Morgan fingerprint density at radius 2 is 2.54 bits per heavy atom. The Balaban J connectivity index is 1.93. The zero-order chi connectivity index (χ0) is 9.10. The highest BCUT2D eigenvalue weighted by Crippen LogP contribution is 2.02. The van der Waals surface area contributed by atoms with Crippen molar-refractivity contribution < 1.29 is 4.52 Å². The van der Waals surface area contributed by atoms with Crippen molar-refractivity contribution in [1.29, 1.82) is 0 Å². The van der Waals surface area contributed by atoms with Gasteiger partial charge in [-0.15, -0.1) is 5.10 Å². The lowest BCUT2D eigenvalue weighted by molar-refractivity contribution is 0.422. The highest BCUT2D eigenvalue weighted by Gasteiger charge is 1.99. The number of hydrogen-bond acceptors (Lipinski definition) is 5. The molecule has 6 heteroatoms. The third-order valence-corrected chi connectivity index (χ3v) is 1.54. The summed E-state index contributed by atoms with van der Waals surface area (Å²) < 4.78 is 6.31. The van der Waals surface area contributed by atoms with E-state index in [1.54, 1.807) is 10.7 Å². The third-order valence-electron chi connectivity index (χ3n) is 1.54. The highest BCUT2D eigenvalue weighted by atomic mass is 16.5. The van der Waals surface area contributed by atoms with E-state index in [2.05, 4.69) is 25.3 Å². The average molecular weight is 179 g/mol. The van der Waals surface area contributed by atoms with Crippen LogP contribution in [-0.4, -0.2) is 20.2 Å². The molecule has 0 aliphatic rings. The van der Waals surface area contributed by atoms with Crippen LogP contribution in [0.5, 0.6) is 0 Å². The number of rotatable bonds is 3. The molecule has 0 bridgehead atoms. The van der Waals surface area contributed by atoms with E-state index in [1.807, 2.05) is 13.2 Å². The van der Waals surface area contributed by atoms with Gasteiger partial charge in [0, 0.05) is 19.3 Å². The van der Waals surface area contributed by atoms with Gasteiger partial charge in [-0.2, -0.15) is 0 Å². The Labute approximate surface area is 74.5 Å². The van der Waals surface area contributed by atoms with Gasteiger partial charge in [0.2, 0.25) is 0 Å². The molecule has 0 amide bonds. The minimum atomic E-state index is 0.598. The first-order chi connectivity index (χ1) is 6.34. The van der Waals surface area contributed by atoms with Crippen LogP contribution in [0.3, 0.4) is 0 Å². The number of aromatic nitrogens is 4. The van der Waals surface area contributed by atoms with Gasteiger partial charge in [-0.1, -0.05) is 10.4 Å². The van der Waals surface area contributed by atoms with Crippen LogP contribution in [0, 0.1) is 0 Å².